The highest BCUT2D eigenvalue weighted by molar-refractivity contribution is 5.92. The first kappa shape index (κ1) is 21.9. The van der Waals surface area contributed by atoms with Crippen molar-refractivity contribution in [3.05, 3.63) is 35.9 Å². The minimum Gasteiger partial charge on any atom is -0.467 e. The molecule has 2 amide bonds. The largest absolute Gasteiger partial charge is 0.467 e. The van der Waals surface area contributed by atoms with Gasteiger partial charge in [0.1, 0.15) is 12.1 Å². The van der Waals surface area contributed by atoms with Crippen LogP contribution in [0.25, 0.3) is 0 Å². The minimum absolute atomic E-state index is 0.193. The van der Waals surface area contributed by atoms with Crippen LogP contribution in [0, 0.1) is 5.92 Å². The Labute approximate surface area is 166 Å². The maximum Gasteiger partial charge on any atom is 0.328 e. The number of methoxy groups -OCH3 is 1. The molecule has 2 rings (SSSR count). The molecule has 0 radical (unpaired) electrons. The lowest BCUT2D eigenvalue weighted by Gasteiger charge is -2.29. The summed E-state index contributed by atoms with van der Waals surface area (Å²) in [6.07, 6.45) is 2.19. The molecule has 1 aromatic carbocycles. The molecule has 0 spiro atoms. The summed E-state index contributed by atoms with van der Waals surface area (Å²) in [5.74, 6) is -0.835. The van der Waals surface area contributed by atoms with E-state index in [1.807, 2.05) is 44.2 Å². The molecule has 1 heterocycles. The molecule has 0 aromatic heterocycles. The molecule has 0 unspecified atom stereocenters. The van der Waals surface area contributed by atoms with Crippen molar-refractivity contribution in [1.82, 2.24) is 10.2 Å². The van der Waals surface area contributed by atoms with Gasteiger partial charge in [0.2, 0.25) is 11.8 Å². The van der Waals surface area contributed by atoms with Gasteiger partial charge in [0.15, 0.2) is 0 Å². The van der Waals surface area contributed by atoms with Crippen LogP contribution in [0.2, 0.25) is 0 Å². The number of carbonyl (C=O) groups excluding carboxylic acids is 3. The molecule has 1 aromatic rings. The Bertz CT molecular complexity index is 677. The van der Waals surface area contributed by atoms with E-state index in [4.69, 9.17) is 10.5 Å². The first-order valence-electron chi connectivity index (χ1n) is 9.81. The van der Waals surface area contributed by atoms with Gasteiger partial charge in [-0.15, -0.1) is 0 Å². The highest BCUT2D eigenvalue weighted by Gasteiger charge is 2.38. The van der Waals surface area contributed by atoms with Crippen molar-refractivity contribution in [1.29, 1.82) is 0 Å². The van der Waals surface area contributed by atoms with Crippen molar-refractivity contribution in [2.75, 3.05) is 13.7 Å². The molecule has 0 saturated carbocycles. The number of nitrogens with one attached hydrogen (secondary N) is 1. The van der Waals surface area contributed by atoms with Gasteiger partial charge in [-0.05, 0) is 37.2 Å². The number of nitrogens with zero attached hydrogens (tertiary/aromatic N) is 1. The van der Waals surface area contributed by atoms with E-state index in [1.54, 1.807) is 0 Å². The average Bonchev–Trinajstić information content (AvgIpc) is 3.16. The van der Waals surface area contributed by atoms with Crippen molar-refractivity contribution in [3.8, 4) is 0 Å². The number of amides is 2. The molecule has 1 saturated heterocycles. The second-order valence-corrected chi connectivity index (χ2v) is 7.70. The number of ether oxygens (including phenoxy) is 1. The molecule has 1 fully saturated rings. The lowest BCUT2D eigenvalue weighted by molar-refractivity contribution is -0.152. The number of carbonyl (C=O) groups is 3. The van der Waals surface area contributed by atoms with E-state index in [0.717, 1.165) is 12.0 Å². The van der Waals surface area contributed by atoms with Gasteiger partial charge in [-0.25, -0.2) is 4.79 Å². The van der Waals surface area contributed by atoms with Crippen LogP contribution < -0.4 is 11.1 Å². The van der Waals surface area contributed by atoms with E-state index >= 15 is 0 Å². The Morgan fingerprint density at radius 2 is 1.93 bits per heavy atom. The zero-order valence-electron chi connectivity index (χ0n) is 16.9. The molecule has 1 aliphatic heterocycles. The van der Waals surface area contributed by atoms with Gasteiger partial charge in [-0.1, -0.05) is 44.2 Å². The van der Waals surface area contributed by atoms with Crippen molar-refractivity contribution < 1.29 is 19.1 Å². The number of benzene rings is 1. The molecule has 154 valence electrons. The fraction of sp³-hybridized carbons (Fsp3) is 0.571. The lowest BCUT2D eigenvalue weighted by Crippen LogP contribution is -2.55. The van der Waals surface area contributed by atoms with E-state index in [2.05, 4.69) is 5.32 Å². The molecular formula is C21H31N3O4. The smallest absolute Gasteiger partial charge is 0.328 e. The summed E-state index contributed by atoms with van der Waals surface area (Å²) in [7, 11) is 1.32. The molecule has 3 atom stereocenters. The third kappa shape index (κ3) is 5.79. The first-order valence-corrected chi connectivity index (χ1v) is 9.81. The maximum atomic E-state index is 13.1. The number of esters is 1. The summed E-state index contributed by atoms with van der Waals surface area (Å²) in [5, 5.41) is 2.82. The first-order chi connectivity index (χ1) is 13.3. The normalized spacial score (nSPS) is 18.6. The van der Waals surface area contributed by atoms with Gasteiger partial charge < -0.3 is 20.7 Å². The van der Waals surface area contributed by atoms with Gasteiger partial charge in [0.25, 0.3) is 0 Å². The zero-order chi connectivity index (χ0) is 20.7. The fourth-order valence-corrected chi connectivity index (χ4v) is 3.54. The maximum absolute atomic E-state index is 13.1. The molecular weight excluding hydrogens is 358 g/mol. The van der Waals surface area contributed by atoms with Crippen LogP contribution in [-0.2, 0) is 25.5 Å². The van der Waals surface area contributed by atoms with Gasteiger partial charge >= 0.3 is 5.97 Å². The van der Waals surface area contributed by atoms with E-state index in [0.29, 0.717) is 25.8 Å². The van der Waals surface area contributed by atoms with Crippen LogP contribution in [0.3, 0.4) is 0 Å². The highest BCUT2D eigenvalue weighted by atomic mass is 16.5. The summed E-state index contributed by atoms with van der Waals surface area (Å²) < 4.78 is 4.82. The van der Waals surface area contributed by atoms with Crippen LogP contribution in [-0.4, -0.2) is 54.5 Å². The average molecular weight is 389 g/mol. The Hall–Kier alpha value is -2.41. The van der Waals surface area contributed by atoms with Gasteiger partial charge in [0.05, 0.1) is 13.2 Å². The van der Waals surface area contributed by atoms with E-state index in [-0.39, 0.29) is 17.7 Å². The fourth-order valence-electron chi connectivity index (χ4n) is 3.54. The zero-order valence-corrected chi connectivity index (χ0v) is 16.9. The number of hydrogen-bond acceptors (Lipinski definition) is 5. The predicted octanol–water partition coefficient (Wildman–Crippen LogP) is 1.25. The second kappa shape index (κ2) is 10.2. The summed E-state index contributed by atoms with van der Waals surface area (Å²) in [6.45, 7) is 4.45. The Morgan fingerprint density at radius 1 is 1.25 bits per heavy atom. The number of rotatable bonds is 8. The van der Waals surface area contributed by atoms with Crippen LogP contribution in [0.5, 0.6) is 0 Å². The van der Waals surface area contributed by atoms with Crippen LogP contribution >= 0.6 is 0 Å². The summed E-state index contributed by atoms with van der Waals surface area (Å²) in [5.41, 5.74) is 7.03. The van der Waals surface area contributed by atoms with Crippen LogP contribution in [0.1, 0.15) is 38.7 Å². The molecule has 1 aliphatic rings. The number of hydrogen-bond donors (Lipinski definition) is 2. The SMILES string of the molecule is COC(=O)[C@@H]1CCCN1C(=O)[C@H](CC(C)C)NC(=O)[C@@H](N)Cc1ccccc1. The quantitative estimate of drug-likeness (QED) is 0.652. The highest BCUT2D eigenvalue weighted by Crippen LogP contribution is 2.21. The summed E-state index contributed by atoms with van der Waals surface area (Å²) in [6, 6.07) is 7.47. The van der Waals surface area contributed by atoms with Gasteiger partial charge in [-0.2, -0.15) is 0 Å². The van der Waals surface area contributed by atoms with Crippen molar-refractivity contribution in [2.45, 2.75) is 57.7 Å². The third-order valence-electron chi connectivity index (χ3n) is 4.97. The van der Waals surface area contributed by atoms with E-state index < -0.39 is 24.1 Å². The number of likely N-dealkylation sites (tertiary alicyclic amines) is 1. The monoisotopic (exact) mass is 389 g/mol. The van der Waals surface area contributed by atoms with Crippen molar-refractivity contribution in [2.24, 2.45) is 11.7 Å². The minimum atomic E-state index is -0.750. The van der Waals surface area contributed by atoms with Gasteiger partial charge in [0, 0.05) is 6.54 Å². The van der Waals surface area contributed by atoms with E-state index in [1.165, 1.54) is 12.0 Å². The lowest BCUT2D eigenvalue weighted by atomic mass is 10.0. The van der Waals surface area contributed by atoms with Crippen LogP contribution in [0.4, 0.5) is 0 Å². The van der Waals surface area contributed by atoms with E-state index in [9.17, 15) is 14.4 Å². The third-order valence-corrected chi connectivity index (χ3v) is 4.97. The number of nitrogens with two attached hydrogens (primary N) is 1. The predicted molar refractivity (Wildman–Crippen MR) is 106 cm³/mol. The topological polar surface area (TPSA) is 102 Å². The summed E-state index contributed by atoms with van der Waals surface area (Å²) >= 11 is 0. The molecule has 3 N–H and O–H groups in total. The summed E-state index contributed by atoms with van der Waals surface area (Å²) in [4.78, 5) is 39.2. The van der Waals surface area contributed by atoms with Crippen molar-refractivity contribution in [3.63, 3.8) is 0 Å². The Kier molecular flexibility index (Phi) is 7.99. The van der Waals surface area contributed by atoms with Crippen LogP contribution in [0.15, 0.2) is 30.3 Å². The Morgan fingerprint density at radius 3 is 2.54 bits per heavy atom. The second-order valence-electron chi connectivity index (χ2n) is 7.70. The molecule has 28 heavy (non-hydrogen) atoms. The molecule has 7 nitrogen and oxygen atoms in total. The molecule has 7 heteroatoms. The molecule has 0 aliphatic carbocycles. The van der Waals surface area contributed by atoms with Crippen molar-refractivity contribution >= 4 is 17.8 Å². The standard InChI is InChI=1S/C21H31N3O4/c1-14(2)12-17(20(26)24-11-7-10-18(24)21(27)28-3)23-19(25)16(22)13-15-8-5-4-6-9-15/h4-6,8-9,14,16-18H,7,10-13,22H2,1-3H3,(H,23,25)/t16-,17-,18-/m0/s1. The molecule has 0 bridgehead atoms. The van der Waals surface area contributed by atoms with Gasteiger partial charge in [-0.3, -0.25) is 9.59 Å². The Balaban J connectivity index is 2.06.